The van der Waals surface area contributed by atoms with Crippen LogP contribution in [0.15, 0.2) is 0 Å². The van der Waals surface area contributed by atoms with Crippen LogP contribution >= 0.6 is 8.25 Å². The van der Waals surface area contributed by atoms with Crippen LogP contribution < -0.4 is 0 Å². The van der Waals surface area contributed by atoms with Gasteiger partial charge < -0.3 is 0 Å². The zero-order valence-electron chi connectivity index (χ0n) is 6.33. The Kier molecular flexibility index (Phi) is 13.8. The molecule has 0 aromatic rings. The van der Waals surface area contributed by atoms with Crippen molar-refractivity contribution in [2.24, 2.45) is 0 Å². The molecule has 0 spiro atoms. The molecule has 0 atom stereocenters. The van der Waals surface area contributed by atoms with Gasteiger partial charge >= 0.3 is 8.25 Å². The summed E-state index contributed by atoms with van der Waals surface area (Å²) in [4.78, 5) is 0. The summed E-state index contributed by atoms with van der Waals surface area (Å²) in [5.74, 6) is 0. The second-order valence-electron chi connectivity index (χ2n) is 1.10. The summed E-state index contributed by atoms with van der Waals surface area (Å²) in [7, 11) is 0.817. The lowest BCUT2D eigenvalue weighted by Gasteiger charge is -1.66. The smallest absolute Gasteiger partial charge is 0.198 e. The molecule has 0 aliphatic heterocycles. The fraction of sp³-hybridized carbons (Fsp3) is 0.800. The summed E-state index contributed by atoms with van der Waals surface area (Å²) in [6.45, 7) is 1.82. The third kappa shape index (κ3) is 15.6. The molecule has 0 saturated carbocycles. The SMILES string of the molecule is CCC#N.CO[P+](=O)OC. The fourth-order valence-corrected chi connectivity index (χ4v) is 0.224. The normalized spacial score (nSPS) is 7.00. The van der Waals surface area contributed by atoms with Gasteiger partial charge in [-0.25, -0.2) is 0 Å². The molecule has 0 aliphatic carbocycles. The number of hydrogen-bond acceptors (Lipinski definition) is 4. The van der Waals surface area contributed by atoms with E-state index in [9.17, 15) is 4.57 Å². The molecule has 0 bridgehead atoms. The topological polar surface area (TPSA) is 59.3 Å². The zero-order chi connectivity index (χ0) is 8.41. The Morgan fingerprint density at radius 3 is 1.80 bits per heavy atom. The Hall–Kier alpha value is -0.490. The van der Waals surface area contributed by atoms with E-state index in [1.165, 1.54) is 14.2 Å². The van der Waals surface area contributed by atoms with Gasteiger partial charge in [0.25, 0.3) is 0 Å². The summed E-state index contributed by atoms with van der Waals surface area (Å²) in [6.07, 6.45) is 0.625. The van der Waals surface area contributed by atoms with E-state index in [0.717, 1.165) is 0 Å². The van der Waals surface area contributed by atoms with Crippen LogP contribution in [-0.2, 0) is 13.6 Å². The first-order valence-corrected chi connectivity index (χ1v) is 3.74. The van der Waals surface area contributed by atoms with Gasteiger partial charge in [-0.3, -0.25) is 0 Å². The van der Waals surface area contributed by atoms with Gasteiger partial charge in [0.1, 0.15) is 0 Å². The van der Waals surface area contributed by atoms with E-state index < -0.39 is 8.25 Å². The minimum Gasteiger partial charge on any atom is -0.198 e. The van der Waals surface area contributed by atoms with Gasteiger partial charge in [0.05, 0.1) is 20.3 Å². The standard InChI is InChI=1S/C3H5N.C2H6O3P/c1-2-3-4;1-4-6(3)5-2/h2H2,1H3;1-2H3/q;+1. The second kappa shape index (κ2) is 11.3. The molecule has 5 heteroatoms. The average molecular weight is 164 g/mol. The first-order valence-electron chi connectivity index (χ1n) is 2.65. The summed E-state index contributed by atoms with van der Waals surface area (Å²) in [5, 5.41) is 7.62. The van der Waals surface area contributed by atoms with Crippen molar-refractivity contribution < 1.29 is 13.6 Å². The lowest BCUT2D eigenvalue weighted by atomic mass is 10.6. The van der Waals surface area contributed by atoms with E-state index in [1.807, 2.05) is 13.0 Å². The summed E-state index contributed by atoms with van der Waals surface area (Å²) >= 11 is 0. The van der Waals surface area contributed by atoms with Crippen molar-refractivity contribution in [2.75, 3.05) is 14.2 Å². The number of hydrogen-bond donors (Lipinski definition) is 0. The quantitative estimate of drug-likeness (QED) is 0.584. The van der Waals surface area contributed by atoms with Crippen molar-refractivity contribution >= 4 is 8.25 Å². The maximum absolute atomic E-state index is 9.88. The minimum absolute atomic E-state index is 0.625. The van der Waals surface area contributed by atoms with Gasteiger partial charge in [-0.05, 0) is 0 Å². The monoisotopic (exact) mass is 164 g/mol. The largest absolute Gasteiger partial charge is 0.696 e. The van der Waals surface area contributed by atoms with Gasteiger partial charge in [-0.2, -0.15) is 5.26 Å². The Morgan fingerprint density at radius 1 is 1.50 bits per heavy atom. The van der Waals surface area contributed by atoms with Crippen molar-refractivity contribution in [3.63, 3.8) is 0 Å². The lowest BCUT2D eigenvalue weighted by Crippen LogP contribution is -1.66. The van der Waals surface area contributed by atoms with Crippen LogP contribution in [0.4, 0.5) is 0 Å². The van der Waals surface area contributed by atoms with Crippen molar-refractivity contribution in [2.45, 2.75) is 13.3 Å². The van der Waals surface area contributed by atoms with E-state index in [2.05, 4.69) is 9.05 Å². The van der Waals surface area contributed by atoms with Gasteiger partial charge in [0.15, 0.2) is 0 Å². The van der Waals surface area contributed by atoms with Gasteiger partial charge in [-0.1, -0.05) is 6.92 Å². The Balaban J connectivity index is 0. The summed E-state index contributed by atoms with van der Waals surface area (Å²) < 4.78 is 18.3. The van der Waals surface area contributed by atoms with E-state index in [4.69, 9.17) is 5.26 Å². The van der Waals surface area contributed by atoms with Crippen LogP contribution in [0.5, 0.6) is 0 Å². The minimum atomic E-state index is -1.83. The number of nitriles is 1. The second-order valence-corrected chi connectivity index (χ2v) is 2.28. The highest BCUT2D eigenvalue weighted by molar-refractivity contribution is 7.33. The van der Waals surface area contributed by atoms with Crippen LogP contribution in [0.1, 0.15) is 13.3 Å². The Morgan fingerprint density at radius 2 is 1.80 bits per heavy atom. The molecule has 0 amide bonds. The molecule has 0 saturated heterocycles. The predicted molar refractivity (Wildman–Crippen MR) is 37.5 cm³/mol. The first-order chi connectivity index (χ1) is 4.72. The van der Waals surface area contributed by atoms with Crippen molar-refractivity contribution in [3.8, 4) is 6.07 Å². The maximum Gasteiger partial charge on any atom is 0.696 e. The van der Waals surface area contributed by atoms with E-state index >= 15 is 0 Å². The highest BCUT2D eigenvalue weighted by atomic mass is 31.1. The van der Waals surface area contributed by atoms with E-state index in [0.29, 0.717) is 6.42 Å². The summed E-state index contributed by atoms with van der Waals surface area (Å²) in [6, 6.07) is 1.93. The van der Waals surface area contributed by atoms with Gasteiger partial charge in [-0.15, -0.1) is 9.05 Å². The zero-order valence-corrected chi connectivity index (χ0v) is 7.22. The number of rotatable bonds is 2. The molecule has 0 aliphatic rings. The molecule has 0 aromatic carbocycles. The Labute approximate surface area is 61.7 Å². The van der Waals surface area contributed by atoms with E-state index in [1.54, 1.807) is 0 Å². The maximum atomic E-state index is 9.88. The Bertz CT molecular complexity index is 115. The third-order valence-corrected chi connectivity index (χ3v) is 1.05. The van der Waals surface area contributed by atoms with Crippen molar-refractivity contribution in [3.05, 3.63) is 0 Å². The molecule has 0 fully saturated rings. The molecule has 0 unspecified atom stereocenters. The molecule has 0 aromatic heterocycles. The average Bonchev–Trinajstić information content (AvgIpc) is 2.03. The van der Waals surface area contributed by atoms with Crippen LogP contribution in [0.2, 0.25) is 0 Å². The van der Waals surface area contributed by atoms with Crippen molar-refractivity contribution in [1.29, 1.82) is 5.26 Å². The highest BCUT2D eigenvalue weighted by Crippen LogP contribution is 2.18. The lowest BCUT2D eigenvalue weighted by molar-refractivity contribution is 0.302. The molecular weight excluding hydrogens is 153 g/mol. The fourth-order valence-electron chi connectivity index (χ4n) is 0.0745. The summed E-state index contributed by atoms with van der Waals surface area (Å²) in [5.41, 5.74) is 0. The van der Waals surface area contributed by atoms with Crippen LogP contribution in [0, 0.1) is 11.3 Å². The van der Waals surface area contributed by atoms with Crippen molar-refractivity contribution in [1.82, 2.24) is 0 Å². The highest BCUT2D eigenvalue weighted by Gasteiger charge is 2.10. The van der Waals surface area contributed by atoms with Crippen LogP contribution in [0.3, 0.4) is 0 Å². The van der Waals surface area contributed by atoms with E-state index in [-0.39, 0.29) is 0 Å². The van der Waals surface area contributed by atoms with Gasteiger partial charge in [0, 0.05) is 11.0 Å². The van der Waals surface area contributed by atoms with Crippen LogP contribution in [0.25, 0.3) is 0 Å². The molecule has 4 nitrogen and oxygen atoms in total. The molecule has 0 N–H and O–H groups in total. The molecule has 0 heterocycles. The van der Waals surface area contributed by atoms with Gasteiger partial charge in [0.2, 0.25) is 0 Å². The third-order valence-electron chi connectivity index (χ3n) is 0.456. The molecule has 58 valence electrons. The van der Waals surface area contributed by atoms with Crippen LogP contribution in [-0.4, -0.2) is 14.2 Å². The molecule has 0 rings (SSSR count). The molecular formula is C5H11NO3P+. The predicted octanol–water partition coefficient (Wildman–Crippen LogP) is 1.86. The molecule has 0 radical (unpaired) electrons. The first kappa shape index (κ1) is 12.2. The molecule has 10 heavy (non-hydrogen) atoms. The number of nitrogens with zero attached hydrogens (tertiary/aromatic N) is 1.